The van der Waals surface area contributed by atoms with Crippen molar-refractivity contribution >= 4 is 11.9 Å². The molecule has 1 atom stereocenters. The summed E-state index contributed by atoms with van der Waals surface area (Å²) < 4.78 is 1.65. The maximum absolute atomic E-state index is 13.4. The van der Waals surface area contributed by atoms with Crippen LogP contribution in [0.5, 0.6) is 0 Å². The molecule has 1 amide bonds. The summed E-state index contributed by atoms with van der Waals surface area (Å²) in [7, 11) is 0. The maximum Gasteiger partial charge on any atom is 0.305 e. The molecule has 0 saturated carbocycles. The lowest BCUT2D eigenvalue weighted by molar-refractivity contribution is -0.137. The van der Waals surface area contributed by atoms with Crippen LogP contribution >= 0.6 is 0 Å². The molecule has 1 saturated heterocycles. The molecule has 0 spiro atoms. The smallest absolute Gasteiger partial charge is 0.305 e. The highest BCUT2D eigenvalue weighted by Crippen LogP contribution is 2.30. The van der Waals surface area contributed by atoms with Gasteiger partial charge >= 0.3 is 5.97 Å². The molecular weight excluding hydrogens is 480 g/mol. The van der Waals surface area contributed by atoms with E-state index in [0.717, 1.165) is 42.7 Å². The number of carboxylic acids is 1. The van der Waals surface area contributed by atoms with Crippen LogP contribution in [0.4, 0.5) is 0 Å². The largest absolute Gasteiger partial charge is 0.481 e. The van der Waals surface area contributed by atoms with E-state index in [4.69, 9.17) is 5.73 Å². The Labute approximate surface area is 224 Å². The number of carboxylic acid groups (broad SMARTS) is 1. The van der Waals surface area contributed by atoms with Gasteiger partial charge in [0.05, 0.1) is 12.1 Å². The fourth-order valence-corrected chi connectivity index (χ4v) is 5.36. The number of benzene rings is 1. The number of hydrogen-bond donors (Lipinski definition) is 3. The number of rotatable bonds is 10. The Bertz CT molecular complexity index is 1270. The number of pyridine rings is 1. The van der Waals surface area contributed by atoms with Gasteiger partial charge < -0.3 is 21.1 Å². The SMILES string of the molecule is Cc1cccc(CN)c1-c1cc(C(=O)N[C@@H](CCN2CCCC(C)(C)C2)CC(=O)O)nn1-c1ccccn1. The summed E-state index contributed by atoms with van der Waals surface area (Å²) in [5.41, 5.74) is 10.0. The highest BCUT2D eigenvalue weighted by Gasteiger charge is 2.28. The first-order valence-corrected chi connectivity index (χ1v) is 13.2. The minimum absolute atomic E-state index is 0.147. The molecule has 3 aromatic rings. The Morgan fingerprint density at radius 1 is 1.21 bits per heavy atom. The van der Waals surface area contributed by atoms with Gasteiger partial charge in [-0.25, -0.2) is 9.67 Å². The van der Waals surface area contributed by atoms with Gasteiger partial charge in [-0.15, -0.1) is 0 Å². The Hall–Kier alpha value is -3.56. The number of amides is 1. The third-order valence-electron chi connectivity index (χ3n) is 7.17. The zero-order chi connectivity index (χ0) is 27.3. The summed E-state index contributed by atoms with van der Waals surface area (Å²) >= 11 is 0. The number of carbonyl (C=O) groups is 2. The number of aliphatic carboxylic acids is 1. The topological polar surface area (TPSA) is 126 Å². The Balaban J connectivity index is 1.60. The molecule has 4 rings (SSSR count). The lowest BCUT2D eigenvalue weighted by atomic mass is 9.84. The summed E-state index contributed by atoms with van der Waals surface area (Å²) in [6.45, 7) is 9.55. The van der Waals surface area contributed by atoms with Gasteiger partial charge in [0.1, 0.15) is 0 Å². The van der Waals surface area contributed by atoms with Gasteiger partial charge in [0.2, 0.25) is 0 Å². The van der Waals surface area contributed by atoms with Crippen LogP contribution in [0.15, 0.2) is 48.7 Å². The van der Waals surface area contributed by atoms with Gasteiger partial charge in [-0.1, -0.05) is 38.1 Å². The number of nitrogens with one attached hydrogen (secondary N) is 1. The first-order valence-electron chi connectivity index (χ1n) is 13.2. The predicted molar refractivity (Wildman–Crippen MR) is 147 cm³/mol. The van der Waals surface area contributed by atoms with E-state index in [9.17, 15) is 14.7 Å². The minimum atomic E-state index is -0.943. The fraction of sp³-hybridized carbons (Fsp3) is 0.448. The molecule has 0 unspecified atom stereocenters. The van der Waals surface area contributed by atoms with Crippen molar-refractivity contribution in [1.29, 1.82) is 0 Å². The summed E-state index contributed by atoms with van der Waals surface area (Å²) in [6, 6.07) is 12.6. The van der Waals surface area contributed by atoms with Gasteiger partial charge in [0, 0.05) is 37.4 Å². The molecule has 0 radical (unpaired) electrons. The highest BCUT2D eigenvalue weighted by molar-refractivity contribution is 5.94. The molecule has 1 fully saturated rings. The van der Waals surface area contributed by atoms with Gasteiger partial charge in [0.15, 0.2) is 11.5 Å². The number of nitrogens with two attached hydrogens (primary N) is 1. The monoisotopic (exact) mass is 518 g/mol. The Kier molecular flexibility index (Phi) is 8.58. The summed E-state index contributed by atoms with van der Waals surface area (Å²) in [5, 5.41) is 17.1. The zero-order valence-corrected chi connectivity index (χ0v) is 22.5. The van der Waals surface area contributed by atoms with Crippen LogP contribution in [0.1, 0.15) is 61.1 Å². The zero-order valence-electron chi connectivity index (χ0n) is 22.5. The number of likely N-dealkylation sites (tertiary alicyclic amines) is 1. The van der Waals surface area contributed by atoms with E-state index in [1.807, 2.05) is 43.3 Å². The second-order valence-corrected chi connectivity index (χ2v) is 10.9. The van der Waals surface area contributed by atoms with Crippen molar-refractivity contribution in [2.75, 3.05) is 19.6 Å². The van der Waals surface area contributed by atoms with E-state index in [1.54, 1.807) is 16.9 Å². The molecule has 3 heterocycles. The molecule has 9 heteroatoms. The van der Waals surface area contributed by atoms with Gasteiger partial charge in [0.25, 0.3) is 5.91 Å². The summed E-state index contributed by atoms with van der Waals surface area (Å²) in [5.74, 6) is -0.780. The van der Waals surface area contributed by atoms with Crippen molar-refractivity contribution in [3.63, 3.8) is 0 Å². The molecule has 9 nitrogen and oxygen atoms in total. The lowest BCUT2D eigenvalue weighted by Gasteiger charge is -2.38. The van der Waals surface area contributed by atoms with E-state index in [2.05, 4.69) is 34.1 Å². The van der Waals surface area contributed by atoms with Gasteiger partial charge in [-0.2, -0.15) is 5.10 Å². The van der Waals surface area contributed by atoms with Gasteiger partial charge in [-0.3, -0.25) is 9.59 Å². The summed E-state index contributed by atoms with van der Waals surface area (Å²) in [4.78, 5) is 31.8. The molecule has 1 aliphatic rings. The quantitative estimate of drug-likeness (QED) is 0.373. The molecule has 1 aromatic carbocycles. The summed E-state index contributed by atoms with van der Waals surface area (Å²) in [6.07, 6.45) is 4.39. The number of aromatic nitrogens is 3. The second-order valence-electron chi connectivity index (χ2n) is 10.9. The number of aryl methyl sites for hydroxylation is 1. The van der Waals surface area contributed by atoms with E-state index in [1.165, 1.54) is 6.42 Å². The molecule has 0 bridgehead atoms. The Morgan fingerprint density at radius 3 is 2.71 bits per heavy atom. The van der Waals surface area contributed by atoms with Crippen LogP contribution in [0.2, 0.25) is 0 Å². The Morgan fingerprint density at radius 2 is 2.03 bits per heavy atom. The van der Waals surface area contributed by atoms with Crippen molar-refractivity contribution in [1.82, 2.24) is 25.0 Å². The number of piperidine rings is 1. The first-order chi connectivity index (χ1) is 18.2. The maximum atomic E-state index is 13.4. The minimum Gasteiger partial charge on any atom is -0.481 e. The normalized spacial score (nSPS) is 16.2. The van der Waals surface area contributed by atoms with Crippen LogP contribution in [-0.2, 0) is 11.3 Å². The average Bonchev–Trinajstić information content (AvgIpc) is 3.32. The molecule has 0 aliphatic carbocycles. The van der Waals surface area contributed by atoms with Crippen molar-refractivity contribution in [3.8, 4) is 17.1 Å². The van der Waals surface area contributed by atoms with Crippen molar-refractivity contribution in [2.45, 2.75) is 59.0 Å². The molecule has 4 N–H and O–H groups in total. The lowest BCUT2D eigenvalue weighted by Crippen LogP contribution is -2.44. The molecular formula is C29H38N6O3. The van der Waals surface area contributed by atoms with Crippen molar-refractivity contribution in [2.24, 2.45) is 11.1 Å². The van der Waals surface area contributed by atoms with Crippen LogP contribution in [0, 0.1) is 12.3 Å². The second kappa shape index (κ2) is 11.9. The van der Waals surface area contributed by atoms with Crippen LogP contribution in [0.25, 0.3) is 17.1 Å². The molecule has 202 valence electrons. The fourth-order valence-electron chi connectivity index (χ4n) is 5.36. The van der Waals surface area contributed by atoms with Crippen LogP contribution in [0.3, 0.4) is 0 Å². The number of hydrogen-bond acceptors (Lipinski definition) is 6. The number of nitrogens with zero attached hydrogens (tertiary/aromatic N) is 4. The van der Waals surface area contributed by atoms with Crippen LogP contribution < -0.4 is 11.1 Å². The van der Waals surface area contributed by atoms with Gasteiger partial charge in [-0.05, 0) is 67.5 Å². The van der Waals surface area contributed by atoms with E-state index >= 15 is 0 Å². The molecule has 2 aromatic heterocycles. The van der Waals surface area contributed by atoms with E-state index in [-0.39, 0.29) is 17.5 Å². The predicted octanol–water partition coefficient (Wildman–Crippen LogP) is 3.79. The van der Waals surface area contributed by atoms with Crippen LogP contribution in [-0.4, -0.2) is 62.3 Å². The first kappa shape index (κ1) is 27.5. The standard InChI is InChI=1S/C29H38N6O3/c1-20-8-6-9-21(18-30)27(20)24-17-23(33-35(24)25-10-4-5-13-31-25)28(38)32-22(16-26(36)37)11-15-34-14-7-12-29(2,3)19-34/h4-6,8-10,13,17,22H,7,11-12,14-16,18-19,30H2,1-3H3,(H,32,38)(H,36,37)/t22-/m0/s1. The van der Waals surface area contributed by atoms with Crippen molar-refractivity contribution < 1.29 is 14.7 Å². The number of carbonyl (C=O) groups excluding carboxylic acids is 1. The average molecular weight is 519 g/mol. The van der Waals surface area contributed by atoms with E-state index < -0.39 is 17.9 Å². The third-order valence-corrected chi connectivity index (χ3v) is 7.17. The van der Waals surface area contributed by atoms with E-state index in [0.29, 0.717) is 24.5 Å². The van der Waals surface area contributed by atoms with Crippen molar-refractivity contribution in [3.05, 3.63) is 65.5 Å². The molecule has 38 heavy (non-hydrogen) atoms. The third kappa shape index (κ3) is 6.65. The molecule has 1 aliphatic heterocycles. The highest BCUT2D eigenvalue weighted by atomic mass is 16.4.